The van der Waals surface area contributed by atoms with Crippen LogP contribution in [-0.2, 0) is 11.2 Å². The largest absolute Gasteiger partial charge is 0.491 e. The summed E-state index contributed by atoms with van der Waals surface area (Å²) in [6.07, 6.45) is 0.901. The van der Waals surface area contributed by atoms with Crippen LogP contribution in [0.3, 0.4) is 0 Å². The maximum Gasteiger partial charge on any atom is 0.119 e. The van der Waals surface area contributed by atoms with Crippen molar-refractivity contribution in [2.45, 2.75) is 19.4 Å². The molecule has 2 N–H and O–H groups in total. The first-order chi connectivity index (χ1) is 7.22. The summed E-state index contributed by atoms with van der Waals surface area (Å²) >= 11 is 0. The molecule has 0 bridgehead atoms. The molecule has 0 saturated heterocycles. The van der Waals surface area contributed by atoms with Crippen LogP contribution in [0.4, 0.5) is 0 Å². The molecule has 1 unspecified atom stereocenters. The van der Waals surface area contributed by atoms with E-state index in [0.717, 1.165) is 12.2 Å². The van der Waals surface area contributed by atoms with Crippen LogP contribution >= 0.6 is 0 Å². The van der Waals surface area contributed by atoms with Crippen LogP contribution in [0.2, 0.25) is 0 Å². The fourth-order valence-corrected chi connectivity index (χ4v) is 1.34. The van der Waals surface area contributed by atoms with Crippen LogP contribution in [0.1, 0.15) is 12.5 Å². The molecule has 0 fully saturated rings. The Kier molecular flexibility index (Phi) is 5.15. The summed E-state index contributed by atoms with van der Waals surface area (Å²) in [7, 11) is 1.66. The maximum absolute atomic E-state index is 5.71. The van der Waals surface area contributed by atoms with Gasteiger partial charge in [0.05, 0.1) is 6.61 Å². The van der Waals surface area contributed by atoms with Crippen LogP contribution in [0.25, 0.3) is 0 Å². The van der Waals surface area contributed by atoms with Crippen LogP contribution in [0.5, 0.6) is 5.75 Å². The minimum Gasteiger partial charge on any atom is -0.491 e. The monoisotopic (exact) mass is 209 g/mol. The van der Waals surface area contributed by atoms with Crippen LogP contribution in [-0.4, -0.2) is 26.4 Å². The van der Waals surface area contributed by atoms with E-state index in [1.54, 1.807) is 7.11 Å². The number of methoxy groups -OCH3 is 1. The number of nitrogens with two attached hydrogens (primary N) is 1. The molecule has 0 aliphatic heterocycles. The van der Waals surface area contributed by atoms with Gasteiger partial charge in [-0.3, -0.25) is 0 Å². The topological polar surface area (TPSA) is 44.5 Å². The van der Waals surface area contributed by atoms with Gasteiger partial charge in [0.25, 0.3) is 0 Å². The summed E-state index contributed by atoms with van der Waals surface area (Å²) in [4.78, 5) is 0. The first kappa shape index (κ1) is 12.0. The van der Waals surface area contributed by atoms with E-state index >= 15 is 0 Å². The number of benzene rings is 1. The van der Waals surface area contributed by atoms with Crippen molar-refractivity contribution >= 4 is 0 Å². The molecule has 0 aliphatic carbocycles. The molecule has 1 rings (SSSR count). The highest BCUT2D eigenvalue weighted by Crippen LogP contribution is 2.12. The van der Waals surface area contributed by atoms with Crippen LogP contribution < -0.4 is 10.5 Å². The molecule has 84 valence electrons. The van der Waals surface area contributed by atoms with Crippen molar-refractivity contribution in [3.63, 3.8) is 0 Å². The standard InChI is InChI=1S/C12H19NO2/c1-10(13)9-11-3-5-12(6-4-11)15-8-7-14-2/h3-6,10H,7-9,13H2,1-2H3. The summed E-state index contributed by atoms with van der Waals surface area (Å²) in [5, 5.41) is 0. The number of hydrogen-bond acceptors (Lipinski definition) is 3. The molecule has 0 aromatic heterocycles. The third kappa shape index (κ3) is 4.81. The Hall–Kier alpha value is -1.06. The van der Waals surface area contributed by atoms with E-state index in [1.165, 1.54) is 5.56 Å². The summed E-state index contributed by atoms with van der Waals surface area (Å²) < 4.78 is 10.3. The van der Waals surface area contributed by atoms with Gasteiger partial charge in [-0.25, -0.2) is 0 Å². The van der Waals surface area contributed by atoms with Crippen molar-refractivity contribution in [1.82, 2.24) is 0 Å². The molecule has 1 aromatic carbocycles. The average Bonchev–Trinajstić information content (AvgIpc) is 2.20. The smallest absolute Gasteiger partial charge is 0.119 e. The number of hydrogen-bond donors (Lipinski definition) is 1. The van der Waals surface area contributed by atoms with Crippen molar-refractivity contribution in [3.05, 3.63) is 29.8 Å². The van der Waals surface area contributed by atoms with E-state index in [0.29, 0.717) is 13.2 Å². The molecule has 1 atom stereocenters. The molecule has 15 heavy (non-hydrogen) atoms. The third-order valence-electron chi connectivity index (χ3n) is 2.04. The Morgan fingerprint density at radius 3 is 2.40 bits per heavy atom. The molecular formula is C12H19NO2. The maximum atomic E-state index is 5.71. The Morgan fingerprint density at radius 1 is 1.20 bits per heavy atom. The van der Waals surface area contributed by atoms with Gasteiger partial charge < -0.3 is 15.2 Å². The average molecular weight is 209 g/mol. The molecule has 0 radical (unpaired) electrons. The highest BCUT2D eigenvalue weighted by molar-refractivity contribution is 5.27. The van der Waals surface area contributed by atoms with Gasteiger partial charge in [0.15, 0.2) is 0 Å². The van der Waals surface area contributed by atoms with Gasteiger partial charge in [-0.05, 0) is 31.0 Å². The van der Waals surface area contributed by atoms with E-state index in [2.05, 4.69) is 0 Å². The minimum atomic E-state index is 0.199. The first-order valence-electron chi connectivity index (χ1n) is 5.18. The highest BCUT2D eigenvalue weighted by Gasteiger charge is 1.98. The van der Waals surface area contributed by atoms with E-state index in [9.17, 15) is 0 Å². The summed E-state index contributed by atoms with van der Waals surface area (Å²) in [5.41, 5.74) is 6.95. The first-order valence-corrected chi connectivity index (χ1v) is 5.18. The quantitative estimate of drug-likeness (QED) is 0.724. The van der Waals surface area contributed by atoms with Gasteiger partial charge in [0.2, 0.25) is 0 Å². The SMILES string of the molecule is COCCOc1ccc(CC(C)N)cc1. The van der Waals surface area contributed by atoms with Gasteiger partial charge in [-0.15, -0.1) is 0 Å². The second-order valence-electron chi connectivity index (χ2n) is 3.67. The summed E-state index contributed by atoms with van der Waals surface area (Å²) in [5.74, 6) is 0.875. The van der Waals surface area contributed by atoms with Crippen molar-refractivity contribution in [2.24, 2.45) is 5.73 Å². The lowest BCUT2D eigenvalue weighted by Crippen LogP contribution is -2.17. The zero-order valence-corrected chi connectivity index (χ0v) is 9.40. The zero-order valence-electron chi connectivity index (χ0n) is 9.40. The van der Waals surface area contributed by atoms with E-state index in [1.807, 2.05) is 31.2 Å². The molecule has 0 saturated carbocycles. The highest BCUT2D eigenvalue weighted by atomic mass is 16.5. The normalized spacial score (nSPS) is 12.5. The second-order valence-corrected chi connectivity index (χ2v) is 3.67. The lowest BCUT2D eigenvalue weighted by atomic mass is 10.1. The molecule has 0 heterocycles. The fraction of sp³-hybridized carbons (Fsp3) is 0.500. The molecule has 1 aromatic rings. The summed E-state index contributed by atoms with van der Waals surface area (Å²) in [6.45, 7) is 3.20. The fourth-order valence-electron chi connectivity index (χ4n) is 1.34. The molecule has 3 nitrogen and oxygen atoms in total. The third-order valence-corrected chi connectivity index (χ3v) is 2.04. The lowest BCUT2D eigenvalue weighted by Gasteiger charge is -2.08. The van der Waals surface area contributed by atoms with Crippen LogP contribution in [0.15, 0.2) is 24.3 Å². The van der Waals surface area contributed by atoms with E-state index in [4.69, 9.17) is 15.2 Å². The molecule has 3 heteroatoms. The van der Waals surface area contributed by atoms with Gasteiger partial charge in [0, 0.05) is 13.2 Å². The van der Waals surface area contributed by atoms with Gasteiger partial charge >= 0.3 is 0 Å². The number of rotatable bonds is 6. The van der Waals surface area contributed by atoms with Crippen molar-refractivity contribution < 1.29 is 9.47 Å². The van der Waals surface area contributed by atoms with Gasteiger partial charge in [-0.2, -0.15) is 0 Å². The second kappa shape index (κ2) is 6.43. The predicted octanol–water partition coefficient (Wildman–Crippen LogP) is 1.60. The lowest BCUT2D eigenvalue weighted by molar-refractivity contribution is 0.146. The predicted molar refractivity (Wildman–Crippen MR) is 61.2 cm³/mol. The van der Waals surface area contributed by atoms with E-state index < -0.39 is 0 Å². The summed E-state index contributed by atoms with van der Waals surface area (Å²) in [6, 6.07) is 8.22. The van der Waals surface area contributed by atoms with E-state index in [-0.39, 0.29) is 6.04 Å². The molecular weight excluding hydrogens is 190 g/mol. The Morgan fingerprint density at radius 2 is 1.87 bits per heavy atom. The number of ether oxygens (including phenoxy) is 2. The Bertz CT molecular complexity index is 269. The van der Waals surface area contributed by atoms with Crippen molar-refractivity contribution in [1.29, 1.82) is 0 Å². The Labute approximate surface area is 91.2 Å². The van der Waals surface area contributed by atoms with Crippen molar-refractivity contribution in [3.8, 4) is 5.75 Å². The zero-order chi connectivity index (χ0) is 11.1. The molecule has 0 aliphatic rings. The molecule has 0 spiro atoms. The van der Waals surface area contributed by atoms with Gasteiger partial charge in [-0.1, -0.05) is 12.1 Å². The van der Waals surface area contributed by atoms with Crippen molar-refractivity contribution in [2.75, 3.05) is 20.3 Å². The molecule has 0 amide bonds. The minimum absolute atomic E-state index is 0.199. The Balaban J connectivity index is 2.42. The van der Waals surface area contributed by atoms with Crippen LogP contribution in [0, 0.1) is 0 Å². The van der Waals surface area contributed by atoms with Gasteiger partial charge in [0.1, 0.15) is 12.4 Å².